The molecule has 21 heavy (non-hydrogen) atoms. The van der Waals surface area contributed by atoms with Crippen LogP contribution in [0.15, 0.2) is 34.9 Å². The number of nitrogens with zero attached hydrogens (tertiary/aromatic N) is 2. The van der Waals surface area contributed by atoms with Gasteiger partial charge < -0.3 is 10.6 Å². The minimum atomic E-state index is 0.213. The number of amidine groups is 1. The molecule has 0 aliphatic rings. The maximum Gasteiger partial charge on any atom is 0.136 e. The molecule has 0 unspecified atom stereocenters. The normalized spacial score (nSPS) is 11.0. The topological polar surface area (TPSA) is 66.0 Å². The lowest BCUT2D eigenvalue weighted by Gasteiger charge is -2.26. The maximum atomic E-state index is 7.45. The van der Waals surface area contributed by atoms with Crippen molar-refractivity contribution in [1.29, 1.82) is 5.41 Å². The molecule has 1 aromatic heterocycles. The first-order valence-corrected chi connectivity index (χ1v) is 7.89. The summed E-state index contributed by atoms with van der Waals surface area (Å²) in [5.41, 5.74) is 5.52. The zero-order valence-electron chi connectivity index (χ0n) is 12.4. The Balaban J connectivity index is 2.43. The second-order valence-electron chi connectivity index (χ2n) is 5.58. The molecule has 0 radical (unpaired) electrons. The minimum absolute atomic E-state index is 0.213. The predicted octanol–water partition coefficient (Wildman–Crippen LogP) is 3.79. The van der Waals surface area contributed by atoms with Gasteiger partial charge in [0, 0.05) is 41.0 Å². The van der Waals surface area contributed by atoms with E-state index in [1.807, 2.05) is 24.4 Å². The molecule has 0 aliphatic heterocycles. The Morgan fingerprint density at radius 3 is 2.76 bits per heavy atom. The second kappa shape index (κ2) is 6.89. The molecule has 0 spiro atoms. The van der Waals surface area contributed by atoms with Crippen molar-refractivity contribution in [3.63, 3.8) is 0 Å². The van der Waals surface area contributed by atoms with E-state index in [4.69, 9.17) is 11.1 Å². The Bertz CT molecular complexity index is 639. The molecule has 112 valence electrons. The molecule has 1 heterocycles. The van der Waals surface area contributed by atoms with Gasteiger partial charge in [-0.1, -0.05) is 41.9 Å². The smallest absolute Gasteiger partial charge is 0.136 e. The van der Waals surface area contributed by atoms with Crippen molar-refractivity contribution in [2.24, 2.45) is 11.7 Å². The largest absolute Gasteiger partial charge is 0.388 e. The van der Waals surface area contributed by atoms with E-state index in [2.05, 4.69) is 45.7 Å². The van der Waals surface area contributed by atoms with Gasteiger partial charge in [-0.2, -0.15) is 0 Å². The van der Waals surface area contributed by atoms with Crippen LogP contribution in [0.3, 0.4) is 0 Å². The molecular weight excluding hydrogens is 328 g/mol. The van der Waals surface area contributed by atoms with Crippen LogP contribution in [0.1, 0.15) is 20.3 Å². The van der Waals surface area contributed by atoms with Crippen LogP contribution >= 0.6 is 15.9 Å². The number of anilines is 1. The summed E-state index contributed by atoms with van der Waals surface area (Å²) in [6.45, 7) is 5.97. The molecule has 0 aliphatic carbocycles. The van der Waals surface area contributed by atoms with Crippen LogP contribution in [0.4, 0.5) is 5.82 Å². The number of hydrogen-bond donors (Lipinski definition) is 2. The van der Waals surface area contributed by atoms with Crippen LogP contribution in [-0.2, 0) is 0 Å². The van der Waals surface area contributed by atoms with Crippen LogP contribution in [0.2, 0.25) is 0 Å². The first-order chi connectivity index (χ1) is 9.99. The van der Waals surface area contributed by atoms with Crippen LogP contribution in [0, 0.1) is 11.3 Å². The van der Waals surface area contributed by atoms with Crippen LogP contribution in [0.5, 0.6) is 0 Å². The number of nitrogens with two attached hydrogens (primary N) is 1. The van der Waals surface area contributed by atoms with Crippen molar-refractivity contribution >= 4 is 38.4 Å². The van der Waals surface area contributed by atoms with Gasteiger partial charge in [0.15, 0.2) is 0 Å². The number of rotatable bonds is 6. The van der Waals surface area contributed by atoms with Crippen molar-refractivity contribution in [1.82, 2.24) is 4.98 Å². The summed E-state index contributed by atoms with van der Waals surface area (Å²) in [5.74, 6) is 1.69. The molecule has 4 nitrogen and oxygen atoms in total. The maximum absolute atomic E-state index is 7.45. The van der Waals surface area contributed by atoms with Gasteiger partial charge in [0.05, 0.1) is 5.84 Å². The van der Waals surface area contributed by atoms with Crippen molar-refractivity contribution in [3.8, 4) is 0 Å². The van der Waals surface area contributed by atoms with E-state index in [0.29, 0.717) is 18.9 Å². The van der Waals surface area contributed by atoms with Crippen LogP contribution in [-0.4, -0.2) is 23.9 Å². The summed E-state index contributed by atoms with van der Waals surface area (Å²) in [4.78, 5) is 6.80. The molecule has 0 saturated carbocycles. The zero-order chi connectivity index (χ0) is 15.4. The van der Waals surface area contributed by atoms with E-state index in [1.165, 1.54) is 0 Å². The summed E-state index contributed by atoms with van der Waals surface area (Å²) < 4.78 is 1.07. The molecule has 0 atom stereocenters. The van der Waals surface area contributed by atoms with E-state index in [-0.39, 0.29) is 5.84 Å². The summed E-state index contributed by atoms with van der Waals surface area (Å²) in [7, 11) is 0. The fraction of sp³-hybridized carbons (Fsp3) is 0.375. The molecule has 5 heteroatoms. The van der Waals surface area contributed by atoms with Gasteiger partial charge in [0.2, 0.25) is 0 Å². The van der Waals surface area contributed by atoms with Crippen molar-refractivity contribution in [2.75, 3.05) is 18.0 Å². The minimum Gasteiger partial charge on any atom is -0.388 e. The Hall–Kier alpha value is -1.62. The molecule has 0 amide bonds. The van der Waals surface area contributed by atoms with E-state index in [9.17, 15) is 0 Å². The molecule has 0 bridgehead atoms. The third kappa shape index (κ3) is 3.94. The highest BCUT2D eigenvalue weighted by Crippen LogP contribution is 2.30. The van der Waals surface area contributed by atoms with Crippen LogP contribution < -0.4 is 10.6 Å². The molecule has 0 fully saturated rings. The molecule has 2 rings (SSSR count). The number of benzene rings is 1. The number of pyridine rings is 1. The number of halogens is 1. The van der Waals surface area contributed by atoms with E-state index in [0.717, 1.165) is 27.6 Å². The average molecular weight is 349 g/mol. The second-order valence-corrected chi connectivity index (χ2v) is 6.44. The third-order valence-corrected chi connectivity index (χ3v) is 3.96. The van der Waals surface area contributed by atoms with Crippen molar-refractivity contribution < 1.29 is 0 Å². The third-order valence-electron chi connectivity index (χ3n) is 3.27. The quantitative estimate of drug-likeness (QED) is 0.616. The van der Waals surface area contributed by atoms with Crippen molar-refractivity contribution in [3.05, 3.63) is 34.9 Å². The highest BCUT2D eigenvalue weighted by atomic mass is 79.9. The van der Waals surface area contributed by atoms with Gasteiger partial charge in [0.25, 0.3) is 0 Å². The molecule has 0 saturated heterocycles. The molecule has 1 aromatic carbocycles. The SMILES string of the molecule is CC(C)CN(CCC(=N)N)c1nccc2c(Br)cccc12. The fourth-order valence-electron chi connectivity index (χ4n) is 2.39. The van der Waals surface area contributed by atoms with E-state index < -0.39 is 0 Å². The lowest BCUT2D eigenvalue weighted by Crippen LogP contribution is -2.32. The summed E-state index contributed by atoms with van der Waals surface area (Å²) >= 11 is 3.59. The lowest BCUT2D eigenvalue weighted by atomic mass is 10.1. The van der Waals surface area contributed by atoms with E-state index in [1.54, 1.807) is 0 Å². The van der Waals surface area contributed by atoms with Gasteiger partial charge in [-0.05, 0) is 18.1 Å². The standard InChI is InChI=1S/C16H21BrN4/c1-11(2)10-21(9-7-15(18)19)16-13-4-3-5-14(17)12(13)6-8-20-16/h3-6,8,11H,7,9-10H2,1-2H3,(H3,18,19). The zero-order valence-corrected chi connectivity index (χ0v) is 14.0. The van der Waals surface area contributed by atoms with Gasteiger partial charge in [0.1, 0.15) is 5.82 Å². The Morgan fingerprint density at radius 2 is 2.10 bits per heavy atom. The Morgan fingerprint density at radius 1 is 1.33 bits per heavy atom. The number of fused-ring (bicyclic) bond motifs is 1. The summed E-state index contributed by atoms with van der Waals surface area (Å²) in [6, 6.07) is 8.16. The number of aromatic nitrogens is 1. The summed E-state index contributed by atoms with van der Waals surface area (Å²) in [5, 5.41) is 9.73. The van der Waals surface area contributed by atoms with Gasteiger partial charge in [-0.15, -0.1) is 0 Å². The molecule has 3 N–H and O–H groups in total. The Labute approximate surface area is 134 Å². The first kappa shape index (κ1) is 15.8. The average Bonchev–Trinajstić information content (AvgIpc) is 2.43. The predicted molar refractivity (Wildman–Crippen MR) is 93.0 cm³/mol. The highest BCUT2D eigenvalue weighted by Gasteiger charge is 2.14. The molecular formula is C16H21BrN4. The monoisotopic (exact) mass is 348 g/mol. The lowest BCUT2D eigenvalue weighted by molar-refractivity contribution is 0.610. The number of hydrogen-bond acceptors (Lipinski definition) is 3. The van der Waals surface area contributed by atoms with Gasteiger partial charge in [-0.25, -0.2) is 4.98 Å². The van der Waals surface area contributed by atoms with E-state index >= 15 is 0 Å². The van der Waals surface area contributed by atoms with Crippen LogP contribution in [0.25, 0.3) is 10.8 Å². The van der Waals surface area contributed by atoms with Gasteiger partial charge in [-0.3, -0.25) is 5.41 Å². The highest BCUT2D eigenvalue weighted by molar-refractivity contribution is 9.10. The fourth-order valence-corrected chi connectivity index (χ4v) is 2.88. The Kier molecular flexibility index (Phi) is 5.17. The van der Waals surface area contributed by atoms with Gasteiger partial charge >= 0.3 is 0 Å². The molecule has 2 aromatic rings. The summed E-state index contributed by atoms with van der Waals surface area (Å²) in [6.07, 6.45) is 2.39. The first-order valence-electron chi connectivity index (χ1n) is 7.10. The number of nitrogens with one attached hydrogen (secondary N) is 1. The van der Waals surface area contributed by atoms with Crippen molar-refractivity contribution in [2.45, 2.75) is 20.3 Å².